The fraction of sp³-hybridized carbons (Fsp3) is 0.774. The Hall–Kier alpha value is -3.00. The molecule has 0 aromatic heterocycles. The van der Waals surface area contributed by atoms with Gasteiger partial charge in [-0.25, -0.2) is 9.59 Å². The maximum atomic E-state index is 12.3. The van der Waals surface area contributed by atoms with Gasteiger partial charge in [-0.15, -0.1) is 0 Å². The fourth-order valence-corrected chi connectivity index (χ4v) is 8.07. The van der Waals surface area contributed by atoms with Crippen LogP contribution in [-0.2, 0) is 23.9 Å². The number of allylic oxidation sites excluding steroid dienone is 2. The minimum Gasteiger partial charge on any atom is -0.444 e. The molecule has 6 amide bonds. The molecule has 4 fully saturated rings. The molecule has 4 aliphatic heterocycles. The van der Waals surface area contributed by atoms with Crippen LogP contribution in [0.25, 0.3) is 0 Å². The van der Waals surface area contributed by atoms with Crippen LogP contribution in [0.4, 0.5) is 9.59 Å². The number of unbranched alkanes of at least 4 members (excludes halogenated alkanes) is 2. The molecule has 6 N–H and O–H groups in total. The van der Waals surface area contributed by atoms with Crippen molar-refractivity contribution in [1.29, 1.82) is 0 Å². The first-order chi connectivity index (χ1) is 21.5. The first kappa shape index (κ1) is 34.9. The number of fused-ring (bicyclic) bond motifs is 3. The van der Waals surface area contributed by atoms with Crippen molar-refractivity contribution in [2.75, 3.05) is 18.8 Å². The second kappa shape index (κ2) is 16.5. The molecule has 0 radical (unpaired) electrons. The number of ether oxygens (including phenoxy) is 2. The van der Waals surface area contributed by atoms with Crippen LogP contribution in [-0.4, -0.2) is 83.8 Å². The van der Waals surface area contributed by atoms with Gasteiger partial charge in [0.1, 0.15) is 5.60 Å². The van der Waals surface area contributed by atoms with Gasteiger partial charge in [0.05, 0.1) is 30.8 Å². The monoisotopic (exact) mass is 650 g/mol. The SMILES string of the molecule is CC(C)(C)OC(=O)NCC(=O)NC[C@H]1[C@@H](C/C=C\CCCC(=O)NNC(=O)CCCC[C@H]2SC[C@H]3NC(=O)N[C@H]32)[C@@H]2CC[C@H]1O2. The lowest BCUT2D eigenvalue weighted by atomic mass is 9.77. The molecule has 7 atom stereocenters. The molecule has 14 heteroatoms. The van der Waals surface area contributed by atoms with Gasteiger partial charge in [0.25, 0.3) is 0 Å². The highest BCUT2D eigenvalue weighted by Crippen LogP contribution is 2.45. The Labute approximate surface area is 269 Å². The van der Waals surface area contributed by atoms with Crippen molar-refractivity contribution in [3.05, 3.63) is 12.2 Å². The van der Waals surface area contributed by atoms with Crippen LogP contribution in [0, 0.1) is 11.8 Å². The van der Waals surface area contributed by atoms with Crippen molar-refractivity contribution in [1.82, 2.24) is 32.1 Å². The number of amides is 6. The molecule has 0 spiro atoms. The molecule has 4 saturated heterocycles. The quantitative estimate of drug-likeness (QED) is 0.0678. The molecule has 0 aromatic carbocycles. The Balaban J connectivity index is 1.02. The summed E-state index contributed by atoms with van der Waals surface area (Å²) >= 11 is 1.86. The number of nitrogens with one attached hydrogen (secondary N) is 6. The standard InChI is InChI=1S/C31H50N6O7S/c1-31(2,3)44-30(42)33-17-27(40)32-16-20-19(22-14-15-23(20)43-22)10-6-4-5-7-12-25(38)36-37-26(39)13-9-8-11-24-28-21(18-45-24)34-29(41)35-28/h4,6,19-24,28H,5,7-18H2,1-3H3,(H,32,40)(H,33,42)(H,36,38)(H,37,39)(H2,34,35,41)/b6-4-/t19-,20+,21-,22+,23-,24-,28-/m1/s1. The summed E-state index contributed by atoms with van der Waals surface area (Å²) in [4.78, 5) is 59.8. The summed E-state index contributed by atoms with van der Waals surface area (Å²) in [5, 5.41) is 11.7. The lowest BCUT2D eigenvalue weighted by Gasteiger charge is -2.27. The zero-order chi connectivity index (χ0) is 32.4. The van der Waals surface area contributed by atoms with E-state index in [-0.39, 0.29) is 60.5 Å². The summed E-state index contributed by atoms with van der Waals surface area (Å²) in [6, 6.07) is 0.296. The summed E-state index contributed by atoms with van der Waals surface area (Å²) in [5.41, 5.74) is 4.39. The summed E-state index contributed by atoms with van der Waals surface area (Å²) in [5.74, 6) is 0.778. The first-order valence-electron chi connectivity index (χ1n) is 16.3. The van der Waals surface area contributed by atoms with Crippen LogP contribution in [0.1, 0.15) is 85.0 Å². The highest BCUT2D eigenvalue weighted by atomic mass is 32.2. The van der Waals surface area contributed by atoms with E-state index in [1.165, 1.54) is 0 Å². The van der Waals surface area contributed by atoms with Crippen LogP contribution in [0.2, 0.25) is 0 Å². The van der Waals surface area contributed by atoms with E-state index in [1.54, 1.807) is 20.8 Å². The van der Waals surface area contributed by atoms with Crippen molar-refractivity contribution in [2.45, 2.75) is 120 Å². The predicted octanol–water partition coefficient (Wildman–Crippen LogP) is 2.41. The highest BCUT2D eigenvalue weighted by Gasteiger charge is 2.48. The van der Waals surface area contributed by atoms with Gasteiger partial charge in [0, 0.05) is 36.3 Å². The normalized spacial score (nSPS) is 28.3. The van der Waals surface area contributed by atoms with Crippen LogP contribution in [0.3, 0.4) is 0 Å². The number of hydrazine groups is 1. The van der Waals surface area contributed by atoms with Gasteiger partial charge in [0.2, 0.25) is 17.7 Å². The third-order valence-corrected chi connectivity index (χ3v) is 10.2. The topological polar surface area (TPSA) is 176 Å². The molecule has 2 bridgehead atoms. The maximum Gasteiger partial charge on any atom is 0.408 e. The van der Waals surface area contributed by atoms with Crippen LogP contribution < -0.4 is 32.1 Å². The van der Waals surface area contributed by atoms with Gasteiger partial charge in [-0.3, -0.25) is 25.2 Å². The van der Waals surface area contributed by atoms with Crippen LogP contribution in [0.5, 0.6) is 0 Å². The minimum atomic E-state index is -0.623. The summed E-state index contributed by atoms with van der Waals surface area (Å²) in [6.07, 6.45) is 11.4. The molecule has 4 rings (SSSR count). The zero-order valence-electron chi connectivity index (χ0n) is 26.7. The number of carbonyl (C=O) groups is 5. The van der Waals surface area contributed by atoms with Crippen molar-refractivity contribution in [3.8, 4) is 0 Å². The smallest absolute Gasteiger partial charge is 0.408 e. The predicted molar refractivity (Wildman–Crippen MR) is 170 cm³/mol. The average Bonchev–Trinajstić information content (AvgIpc) is 3.75. The van der Waals surface area contributed by atoms with E-state index >= 15 is 0 Å². The van der Waals surface area contributed by atoms with E-state index < -0.39 is 11.7 Å². The van der Waals surface area contributed by atoms with E-state index in [0.717, 1.165) is 50.7 Å². The number of hydrogen-bond donors (Lipinski definition) is 6. The fourth-order valence-electron chi connectivity index (χ4n) is 6.53. The van der Waals surface area contributed by atoms with Crippen molar-refractivity contribution < 1.29 is 33.4 Å². The number of rotatable bonds is 15. The molecular formula is C31H50N6O7S. The Kier molecular flexibility index (Phi) is 12.8. The van der Waals surface area contributed by atoms with E-state index in [1.807, 2.05) is 11.8 Å². The molecule has 252 valence electrons. The summed E-state index contributed by atoms with van der Waals surface area (Å²) in [7, 11) is 0. The van der Waals surface area contributed by atoms with E-state index in [4.69, 9.17) is 9.47 Å². The molecule has 0 aliphatic carbocycles. The van der Waals surface area contributed by atoms with Gasteiger partial charge in [-0.2, -0.15) is 11.8 Å². The molecule has 45 heavy (non-hydrogen) atoms. The van der Waals surface area contributed by atoms with E-state index in [0.29, 0.717) is 37.0 Å². The second-order valence-corrected chi connectivity index (χ2v) is 14.6. The van der Waals surface area contributed by atoms with Crippen molar-refractivity contribution in [2.24, 2.45) is 11.8 Å². The lowest BCUT2D eigenvalue weighted by molar-refractivity contribution is -0.129. The molecule has 0 aromatic rings. The van der Waals surface area contributed by atoms with Crippen molar-refractivity contribution >= 4 is 41.6 Å². The lowest BCUT2D eigenvalue weighted by Crippen LogP contribution is -2.43. The second-order valence-electron chi connectivity index (χ2n) is 13.3. The number of carbonyl (C=O) groups excluding carboxylic acids is 5. The largest absolute Gasteiger partial charge is 0.444 e. The van der Waals surface area contributed by atoms with Gasteiger partial charge in [-0.05, 0) is 71.6 Å². The van der Waals surface area contributed by atoms with Gasteiger partial charge in [0.15, 0.2) is 0 Å². The zero-order valence-corrected chi connectivity index (χ0v) is 27.5. The summed E-state index contributed by atoms with van der Waals surface area (Å²) < 4.78 is 11.3. The number of urea groups is 1. The molecule has 4 heterocycles. The number of hydrogen-bond acceptors (Lipinski definition) is 8. The maximum absolute atomic E-state index is 12.3. The average molecular weight is 651 g/mol. The minimum absolute atomic E-state index is 0.0891. The first-order valence-corrected chi connectivity index (χ1v) is 17.3. The van der Waals surface area contributed by atoms with Crippen molar-refractivity contribution in [3.63, 3.8) is 0 Å². The van der Waals surface area contributed by atoms with Gasteiger partial charge < -0.3 is 30.7 Å². The highest BCUT2D eigenvalue weighted by molar-refractivity contribution is 8.00. The Morgan fingerprint density at radius 2 is 1.64 bits per heavy atom. The molecule has 13 nitrogen and oxygen atoms in total. The Morgan fingerprint density at radius 3 is 2.38 bits per heavy atom. The van der Waals surface area contributed by atoms with Gasteiger partial charge in [-0.1, -0.05) is 18.6 Å². The third kappa shape index (κ3) is 11.1. The molecule has 4 aliphatic rings. The van der Waals surface area contributed by atoms with E-state index in [9.17, 15) is 24.0 Å². The number of thioether (sulfide) groups is 1. The molecular weight excluding hydrogens is 600 g/mol. The third-order valence-electron chi connectivity index (χ3n) is 8.69. The van der Waals surface area contributed by atoms with Crippen LogP contribution in [0.15, 0.2) is 12.2 Å². The van der Waals surface area contributed by atoms with E-state index in [2.05, 4.69) is 44.3 Å². The Morgan fingerprint density at radius 1 is 0.933 bits per heavy atom. The van der Waals surface area contributed by atoms with Crippen LogP contribution >= 0.6 is 11.8 Å². The van der Waals surface area contributed by atoms with Gasteiger partial charge >= 0.3 is 12.1 Å². The number of alkyl carbamates (subject to hydrolysis) is 1. The Bertz CT molecular complexity index is 1100. The molecule has 0 saturated carbocycles. The summed E-state index contributed by atoms with van der Waals surface area (Å²) in [6.45, 7) is 5.66. The molecule has 0 unspecified atom stereocenters.